The number of hydrogen-bond acceptors (Lipinski definition) is 5. The summed E-state index contributed by atoms with van der Waals surface area (Å²) in [6.07, 6.45) is 3.85. The van der Waals surface area contributed by atoms with Crippen LogP contribution in [0.5, 0.6) is 11.5 Å². The van der Waals surface area contributed by atoms with Crippen LogP contribution in [0.15, 0.2) is 78.4 Å². The molecule has 0 aliphatic rings. The number of anilines is 1. The standard InChI is InChI=1S/C28H28N4O3/c1-4-8-22-15-21(18-30-32-28(33)31-25-13-11-20(3)12-14-25)16-26(34-5-2)27(22)35-19-24-10-7-6-9-23(24)17-29/h4,6-7,9-16,18H,1,5,8,19H2,2-3H3,(H2,31,32,33)/b30-18-. The third-order valence-electron chi connectivity index (χ3n) is 5.02. The first-order valence-electron chi connectivity index (χ1n) is 11.2. The predicted octanol–water partition coefficient (Wildman–Crippen LogP) is 5.73. The average molecular weight is 469 g/mol. The molecule has 2 amide bonds. The van der Waals surface area contributed by atoms with Crippen molar-refractivity contribution >= 4 is 17.9 Å². The fourth-order valence-electron chi connectivity index (χ4n) is 3.36. The van der Waals surface area contributed by atoms with Gasteiger partial charge in [-0.05, 0) is 56.2 Å². The number of urea groups is 1. The summed E-state index contributed by atoms with van der Waals surface area (Å²) in [5.74, 6) is 1.13. The Labute approximate surface area is 205 Å². The van der Waals surface area contributed by atoms with Gasteiger partial charge in [0, 0.05) is 16.8 Å². The number of rotatable bonds is 10. The molecule has 7 heteroatoms. The first-order valence-corrected chi connectivity index (χ1v) is 11.2. The summed E-state index contributed by atoms with van der Waals surface area (Å²) in [7, 11) is 0. The number of ether oxygens (including phenoxy) is 2. The SMILES string of the molecule is C=CCc1cc(/C=N\NC(=O)Nc2ccc(C)cc2)cc(OCC)c1OCc1ccccc1C#N. The van der Waals surface area contributed by atoms with Crippen LogP contribution in [0.3, 0.4) is 0 Å². The second kappa shape index (κ2) is 12.6. The van der Waals surface area contributed by atoms with Gasteiger partial charge in [-0.15, -0.1) is 6.58 Å². The molecule has 0 atom stereocenters. The number of carbonyl (C=O) groups excluding carboxylic acids is 1. The lowest BCUT2D eigenvalue weighted by Gasteiger charge is -2.17. The lowest BCUT2D eigenvalue weighted by Crippen LogP contribution is -2.24. The Morgan fingerprint density at radius 2 is 1.89 bits per heavy atom. The molecule has 0 heterocycles. The van der Waals surface area contributed by atoms with Crippen LogP contribution < -0.4 is 20.2 Å². The molecule has 0 saturated heterocycles. The highest BCUT2D eigenvalue weighted by molar-refractivity contribution is 5.90. The highest BCUT2D eigenvalue weighted by Crippen LogP contribution is 2.34. The minimum atomic E-state index is -0.447. The van der Waals surface area contributed by atoms with Crippen LogP contribution in [0.1, 0.15) is 34.7 Å². The van der Waals surface area contributed by atoms with E-state index >= 15 is 0 Å². The topological polar surface area (TPSA) is 95.7 Å². The number of benzene rings is 3. The van der Waals surface area contributed by atoms with Crippen LogP contribution in [-0.2, 0) is 13.0 Å². The summed E-state index contributed by atoms with van der Waals surface area (Å²) in [6, 6.07) is 20.2. The average Bonchev–Trinajstić information content (AvgIpc) is 2.85. The largest absolute Gasteiger partial charge is 0.490 e. The number of aryl methyl sites for hydroxylation is 1. The van der Waals surface area contributed by atoms with Gasteiger partial charge in [-0.25, -0.2) is 10.2 Å². The molecule has 0 aliphatic carbocycles. The number of nitrogens with zero attached hydrogens (tertiary/aromatic N) is 2. The third kappa shape index (κ3) is 7.21. The highest BCUT2D eigenvalue weighted by Gasteiger charge is 2.14. The number of hydrazone groups is 1. The van der Waals surface area contributed by atoms with Gasteiger partial charge in [0.15, 0.2) is 11.5 Å². The maximum atomic E-state index is 12.1. The van der Waals surface area contributed by atoms with Crippen molar-refractivity contribution in [2.75, 3.05) is 11.9 Å². The van der Waals surface area contributed by atoms with Crippen LogP contribution in [0.4, 0.5) is 10.5 Å². The smallest absolute Gasteiger partial charge is 0.339 e. The number of carbonyl (C=O) groups is 1. The van der Waals surface area contributed by atoms with Gasteiger partial charge >= 0.3 is 6.03 Å². The fourth-order valence-corrected chi connectivity index (χ4v) is 3.36. The van der Waals surface area contributed by atoms with E-state index < -0.39 is 6.03 Å². The van der Waals surface area contributed by atoms with Crippen LogP contribution in [-0.4, -0.2) is 18.9 Å². The van der Waals surface area contributed by atoms with Crippen molar-refractivity contribution in [3.05, 3.63) is 101 Å². The van der Waals surface area contributed by atoms with Gasteiger partial charge in [-0.3, -0.25) is 0 Å². The van der Waals surface area contributed by atoms with E-state index in [4.69, 9.17) is 9.47 Å². The number of amides is 2. The van der Waals surface area contributed by atoms with E-state index in [2.05, 4.69) is 28.5 Å². The van der Waals surface area contributed by atoms with E-state index in [-0.39, 0.29) is 6.61 Å². The number of allylic oxidation sites excluding steroid dienone is 1. The molecule has 7 nitrogen and oxygen atoms in total. The molecule has 3 aromatic carbocycles. The van der Waals surface area contributed by atoms with Crippen molar-refractivity contribution in [3.63, 3.8) is 0 Å². The molecule has 0 spiro atoms. The molecular weight excluding hydrogens is 440 g/mol. The Bertz CT molecular complexity index is 1240. The van der Waals surface area contributed by atoms with Crippen molar-refractivity contribution in [1.29, 1.82) is 5.26 Å². The summed E-state index contributed by atoms with van der Waals surface area (Å²) < 4.78 is 12.0. The Balaban J connectivity index is 1.77. The number of nitriles is 1. The first-order chi connectivity index (χ1) is 17.0. The lowest BCUT2D eigenvalue weighted by molar-refractivity contribution is 0.252. The molecule has 0 saturated carbocycles. The van der Waals surface area contributed by atoms with Gasteiger partial charge in [0.1, 0.15) is 6.61 Å². The van der Waals surface area contributed by atoms with Gasteiger partial charge in [0.2, 0.25) is 0 Å². The van der Waals surface area contributed by atoms with Crippen molar-refractivity contribution in [1.82, 2.24) is 5.43 Å². The molecule has 2 N–H and O–H groups in total. The Kier molecular flexibility index (Phi) is 9.03. The zero-order chi connectivity index (χ0) is 25.0. The molecule has 35 heavy (non-hydrogen) atoms. The van der Waals surface area contributed by atoms with E-state index in [9.17, 15) is 10.1 Å². The molecule has 0 bridgehead atoms. The molecule has 3 aromatic rings. The summed E-state index contributed by atoms with van der Waals surface area (Å²) in [5.41, 5.74) is 7.18. The molecule has 0 unspecified atom stereocenters. The third-order valence-corrected chi connectivity index (χ3v) is 5.02. The maximum Gasteiger partial charge on any atom is 0.339 e. The van der Waals surface area contributed by atoms with Crippen LogP contribution in [0.2, 0.25) is 0 Å². The van der Waals surface area contributed by atoms with Crippen molar-refractivity contribution in [2.24, 2.45) is 5.10 Å². The normalized spacial score (nSPS) is 10.4. The van der Waals surface area contributed by atoms with Crippen molar-refractivity contribution < 1.29 is 14.3 Å². The van der Waals surface area contributed by atoms with Crippen LogP contribution in [0.25, 0.3) is 0 Å². The quantitative estimate of drug-likeness (QED) is 0.226. The zero-order valence-electron chi connectivity index (χ0n) is 19.9. The summed E-state index contributed by atoms with van der Waals surface area (Å²) in [5, 5.41) is 16.1. The van der Waals surface area contributed by atoms with Crippen LogP contribution in [0, 0.1) is 18.3 Å². The summed E-state index contributed by atoms with van der Waals surface area (Å²) in [4.78, 5) is 12.1. The second-order valence-electron chi connectivity index (χ2n) is 7.68. The minimum absolute atomic E-state index is 0.224. The fraction of sp³-hybridized carbons (Fsp3) is 0.179. The molecule has 178 valence electrons. The van der Waals surface area contributed by atoms with Gasteiger partial charge in [-0.2, -0.15) is 10.4 Å². The maximum absolute atomic E-state index is 12.1. The van der Waals surface area contributed by atoms with Gasteiger partial charge in [0.05, 0.1) is 24.5 Å². The van der Waals surface area contributed by atoms with Crippen molar-refractivity contribution in [3.8, 4) is 17.6 Å². The van der Waals surface area contributed by atoms with Crippen LogP contribution >= 0.6 is 0 Å². The minimum Gasteiger partial charge on any atom is -0.490 e. The predicted molar refractivity (Wildman–Crippen MR) is 138 cm³/mol. The number of hydrogen-bond donors (Lipinski definition) is 2. The first kappa shape index (κ1) is 25.1. The van der Waals surface area contributed by atoms with E-state index in [1.807, 2.05) is 62.4 Å². The molecule has 0 radical (unpaired) electrons. The molecule has 0 aromatic heterocycles. The molecule has 3 rings (SSSR count). The van der Waals surface area contributed by atoms with Crippen molar-refractivity contribution in [2.45, 2.75) is 26.9 Å². The van der Waals surface area contributed by atoms with E-state index in [1.165, 1.54) is 0 Å². The van der Waals surface area contributed by atoms with Gasteiger partial charge < -0.3 is 14.8 Å². The van der Waals surface area contributed by atoms with E-state index in [1.54, 1.807) is 24.4 Å². The van der Waals surface area contributed by atoms with Gasteiger partial charge in [0.25, 0.3) is 0 Å². The Morgan fingerprint density at radius 1 is 1.11 bits per heavy atom. The van der Waals surface area contributed by atoms with E-state index in [0.29, 0.717) is 35.8 Å². The zero-order valence-corrected chi connectivity index (χ0v) is 19.9. The molecule has 0 fully saturated rings. The molecule has 0 aliphatic heterocycles. The Morgan fingerprint density at radius 3 is 2.60 bits per heavy atom. The van der Waals surface area contributed by atoms with Gasteiger partial charge in [-0.1, -0.05) is 42.0 Å². The second-order valence-corrected chi connectivity index (χ2v) is 7.68. The lowest BCUT2D eigenvalue weighted by atomic mass is 10.1. The summed E-state index contributed by atoms with van der Waals surface area (Å²) >= 11 is 0. The highest BCUT2D eigenvalue weighted by atomic mass is 16.5. The number of nitrogens with one attached hydrogen (secondary N) is 2. The van der Waals surface area contributed by atoms with E-state index in [0.717, 1.165) is 22.3 Å². The summed E-state index contributed by atoms with van der Waals surface area (Å²) in [6.45, 7) is 8.37. The Hall–Kier alpha value is -4.57. The molecular formula is C28H28N4O3. The monoisotopic (exact) mass is 468 g/mol.